The summed E-state index contributed by atoms with van der Waals surface area (Å²) >= 11 is 12.0. The number of hydrogen-bond acceptors (Lipinski definition) is 3. The molecule has 1 N–H and O–H groups in total. The lowest BCUT2D eigenvalue weighted by Crippen LogP contribution is -2.49. The lowest BCUT2D eigenvalue weighted by molar-refractivity contribution is -0.122. The van der Waals surface area contributed by atoms with Gasteiger partial charge in [0.05, 0.1) is 28.0 Å². The second-order valence-electron chi connectivity index (χ2n) is 6.99. The Labute approximate surface area is 175 Å². The van der Waals surface area contributed by atoms with Gasteiger partial charge in [-0.15, -0.1) is 0 Å². The zero-order valence-electron chi connectivity index (χ0n) is 15.7. The maximum Gasteiger partial charge on any atom is 0.244 e. The molecule has 1 amide bonds. The fourth-order valence-corrected chi connectivity index (χ4v) is 5.09. The number of aryl methyl sites for hydroxylation is 1. The predicted octanol–water partition coefficient (Wildman–Crippen LogP) is 4.34. The smallest absolute Gasteiger partial charge is 0.244 e. The molecule has 0 saturated heterocycles. The van der Waals surface area contributed by atoms with E-state index in [4.69, 9.17) is 23.2 Å². The quantitative estimate of drug-likeness (QED) is 0.751. The van der Waals surface area contributed by atoms with Gasteiger partial charge in [0.2, 0.25) is 15.9 Å². The van der Waals surface area contributed by atoms with Crippen LogP contribution in [0.3, 0.4) is 0 Å². The SMILES string of the molecule is C[C@@H](C(=O)N[C@H]1CCCc2ccccc21)N(c1ccc(Cl)c(Cl)c1)S(C)(=O)=O. The molecule has 0 radical (unpaired) electrons. The number of carbonyl (C=O) groups excluding carboxylic acids is 1. The van der Waals surface area contributed by atoms with E-state index in [1.54, 1.807) is 6.92 Å². The molecule has 150 valence electrons. The van der Waals surface area contributed by atoms with Crippen LogP contribution in [0.5, 0.6) is 0 Å². The summed E-state index contributed by atoms with van der Waals surface area (Å²) < 4.78 is 25.9. The lowest BCUT2D eigenvalue weighted by atomic mass is 9.87. The van der Waals surface area contributed by atoms with Crippen LogP contribution in [0.15, 0.2) is 42.5 Å². The van der Waals surface area contributed by atoms with Crippen molar-refractivity contribution in [3.63, 3.8) is 0 Å². The first-order chi connectivity index (χ1) is 13.2. The van der Waals surface area contributed by atoms with E-state index in [1.807, 2.05) is 18.2 Å². The minimum absolute atomic E-state index is 0.130. The molecule has 2 aromatic rings. The van der Waals surface area contributed by atoms with E-state index in [1.165, 1.54) is 23.8 Å². The number of halogens is 2. The number of sulfonamides is 1. The Morgan fingerprint density at radius 1 is 1.18 bits per heavy atom. The topological polar surface area (TPSA) is 66.5 Å². The van der Waals surface area contributed by atoms with Gasteiger partial charge in [0.25, 0.3) is 0 Å². The van der Waals surface area contributed by atoms with Crippen molar-refractivity contribution in [1.29, 1.82) is 0 Å². The number of nitrogens with one attached hydrogen (secondary N) is 1. The van der Waals surface area contributed by atoms with Gasteiger partial charge in [-0.2, -0.15) is 0 Å². The average molecular weight is 441 g/mol. The molecule has 0 fully saturated rings. The van der Waals surface area contributed by atoms with E-state index in [-0.39, 0.29) is 17.0 Å². The summed E-state index contributed by atoms with van der Waals surface area (Å²) in [5, 5.41) is 3.56. The van der Waals surface area contributed by atoms with Gasteiger partial charge >= 0.3 is 0 Å². The third kappa shape index (κ3) is 4.45. The highest BCUT2D eigenvalue weighted by atomic mass is 35.5. The van der Waals surface area contributed by atoms with Gasteiger partial charge in [-0.3, -0.25) is 9.10 Å². The van der Waals surface area contributed by atoms with Crippen molar-refractivity contribution in [1.82, 2.24) is 5.32 Å². The Morgan fingerprint density at radius 3 is 2.57 bits per heavy atom. The van der Waals surface area contributed by atoms with Crippen molar-refractivity contribution in [3.05, 3.63) is 63.6 Å². The first-order valence-electron chi connectivity index (χ1n) is 9.01. The molecule has 1 aliphatic rings. The molecule has 1 aliphatic carbocycles. The highest BCUT2D eigenvalue weighted by Crippen LogP contribution is 2.31. The van der Waals surface area contributed by atoms with Crippen LogP contribution < -0.4 is 9.62 Å². The Kier molecular flexibility index (Phi) is 6.22. The van der Waals surface area contributed by atoms with Crippen LogP contribution >= 0.6 is 23.2 Å². The largest absolute Gasteiger partial charge is 0.347 e. The molecule has 0 saturated carbocycles. The summed E-state index contributed by atoms with van der Waals surface area (Å²) in [6.07, 6.45) is 3.84. The minimum Gasteiger partial charge on any atom is -0.347 e. The molecule has 0 unspecified atom stereocenters. The van der Waals surface area contributed by atoms with Crippen LogP contribution in [-0.4, -0.2) is 26.6 Å². The minimum atomic E-state index is -3.72. The number of fused-ring (bicyclic) bond motifs is 1. The van der Waals surface area contributed by atoms with Crippen molar-refractivity contribution in [2.75, 3.05) is 10.6 Å². The first-order valence-corrected chi connectivity index (χ1v) is 11.6. The second-order valence-corrected chi connectivity index (χ2v) is 9.66. The van der Waals surface area contributed by atoms with E-state index in [0.717, 1.165) is 35.4 Å². The summed E-state index contributed by atoms with van der Waals surface area (Å²) in [7, 11) is -3.72. The number of rotatable bonds is 5. The molecule has 2 aromatic carbocycles. The van der Waals surface area contributed by atoms with Gasteiger partial charge in [-0.25, -0.2) is 8.42 Å². The van der Waals surface area contributed by atoms with E-state index < -0.39 is 16.1 Å². The molecule has 0 aliphatic heterocycles. The third-order valence-electron chi connectivity index (χ3n) is 4.93. The van der Waals surface area contributed by atoms with Crippen molar-refractivity contribution >= 4 is 44.8 Å². The Hall–Kier alpha value is -1.76. The summed E-state index contributed by atoms with van der Waals surface area (Å²) in [4.78, 5) is 13.0. The van der Waals surface area contributed by atoms with Gasteiger partial charge < -0.3 is 5.32 Å². The second kappa shape index (κ2) is 8.31. The van der Waals surface area contributed by atoms with Crippen LogP contribution in [0.2, 0.25) is 10.0 Å². The lowest BCUT2D eigenvalue weighted by Gasteiger charge is -2.32. The van der Waals surface area contributed by atoms with Crippen LogP contribution in [0.25, 0.3) is 0 Å². The predicted molar refractivity (Wildman–Crippen MR) is 114 cm³/mol. The normalized spacial score (nSPS) is 17.5. The fraction of sp³-hybridized carbons (Fsp3) is 0.350. The average Bonchev–Trinajstić information content (AvgIpc) is 2.64. The standard InChI is InChI=1S/C20H22Cl2N2O3S/c1-13(24(28(2,26)27)15-10-11-17(21)18(22)12-15)20(25)23-19-9-5-7-14-6-3-4-8-16(14)19/h3-4,6,8,10-13,19H,5,7,9H2,1-2H3,(H,23,25)/t13-,19-/m0/s1. The Morgan fingerprint density at radius 2 is 1.89 bits per heavy atom. The maximum atomic E-state index is 13.0. The molecule has 0 spiro atoms. The zero-order chi connectivity index (χ0) is 20.5. The van der Waals surface area contributed by atoms with Crippen LogP contribution in [0.1, 0.15) is 36.9 Å². The van der Waals surface area contributed by atoms with E-state index >= 15 is 0 Å². The van der Waals surface area contributed by atoms with Gasteiger partial charge in [0.15, 0.2) is 0 Å². The van der Waals surface area contributed by atoms with E-state index in [2.05, 4.69) is 11.4 Å². The summed E-state index contributed by atoms with van der Waals surface area (Å²) in [6.45, 7) is 1.56. The first kappa shape index (κ1) is 21.0. The van der Waals surface area contributed by atoms with E-state index in [9.17, 15) is 13.2 Å². The summed E-state index contributed by atoms with van der Waals surface area (Å²) in [5.41, 5.74) is 2.61. The van der Waals surface area contributed by atoms with Gasteiger partial charge in [0, 0.05) is 0 Å². The van der Waals surface area contributed by atoms with Crippen molar-refractivity contribution < 1.29 is 13.2 Å². The Bertz CT molecular complexity index is 995. The van der Waals surface area contributed by atoms with E-state index in [0.29, 0.717) is 10.7 Å². The van der Waals surface area contributed by atoms with Crippen molar-refractivity contribution in [3.8, 4) is 0 Å². The zero-order valence-corrected chi connectivity index (χ0v) is 18.0. The maximum absolute atomic E-state index is 13.0. The monoisotopic (exact) mass is 440 g/mol. The number of anilines is 1. The number of benzene rings is 2. The molecule has 0 aromatic heterocycles. The molecule has 2 atom stereocenters. The van der Waals surface area contributed by atoms with Crippen molar-refractivity contribution in [2.24, 2.45) is 0 Å². The van der Waals surface area contributed by atoms with Crippen LogP contribution in [0, 0.1) is 0 Å². The Balaban J connectivity index is 1.86. The molecule has 5 nitrogen and oxygen atoms in total. The van der Waals surface area contributed by atoms with Crippen LogP contribution in [-0.2, 0) is 21.2 Å². The molecule has 8 heteroatoms. The number of carbonyl (C=O) groups is 1. The van der Waals surface area contributed by atoms with Crippen LogP contribution in [0.4, 0.5) is 5.69 Å². The highest BCUT2D eigenvalue weighted by Gasteiger charge is 2.31. The van der Waals surface area contributed by atoms with Gasteiger partial charge in [0.1, 0.15) is 6.04 Å². The molecule has 0 heterocycles. The fourth-order valence-electron chi connectivity index (χ4n) is 3.63. The molecule has 28 heavy (non-hydrogen) atoms. The highest BCUT2D eigenvalue weighted by molar-refractivity contribution is 7.92. The molecule has 3 rings (SSSR count). The third-order valence-corrected chi connectivity index (χ3v) is 6.91. The molecule has 0 bridgehead atoms. The van der Waals surface area contributed by atoms with Crippen molar-refractivity contribution in [2.45, 2.75) is 38.3 Å². The number of nitrogens with zero attached hydrogens (tertiary/aromatic N) is 1. The number of hydrogen-bond donors (Lipinski definition) is 1. The van der Waals surface area contributed by atoms with Gasteiger partial charge in [-0.1, -0.05) is 47.5 Å². The summed E-state index contributed by atoms with van der Waals surface area (Å²) in [5.74, 6) is -0.363. The molecular formula is C20H22Cl2N2O3S. The number of amides is 1. The van der Waals surface area contributed by atoms with Gasteiger partial charge in [-0.05, 0) is 55.5 Å². The summed E-state index contributed by atoms with van der Waals surface area (Å²) in [6, 6.07) is 11.4. The molecular weight excluding hydrogens is 419 g/mol.